The predicted octanol–water partition coefficient (Wildman–Crippen LogP) is 1.81. The number of aromatic nitrogens is 2. The van der Waals surface area contributed by atoms with Crippen LogP contribution in [0.5, 0.6) is 0 Å². The van der Waals surface area contributed by atoms with Gasteiger partial charge in [0.2, 0.25) is 5.95 Å². The van der Waals surface area contributed by atoms with Gasteiger partial charge in [0, 0.05) is 20.6 Å². The number of anilines is 2. The van der Waals surface area contributed by atoms with Crippen molar-refractivity contribution in [1.82, 2.24) is 9.97 Å². The Bertz CT molecular complexity index is 338. The van der Waals surface area contributed by atoms with Crippen LogP contribution < -0.4 is 10.2 Å². The fraction of sp³-hybridized carbons (Fsp3) is 0.600. The third kappa shape index (κ3) is 2.78. The molecule has 0 bridgehead atoms. The SMILES string of the molecule is CCCNc1nc(N(C)C)nc(C)c1F. The quantitative estimate of drug-likeness (QED) is 0.826. The molecule has 0 atom stereocenters. The summed E-state index contributed by atoms with van der Waals surface area (Å²) >= 11 is 0. The lowest BCUT2D eigenvalue weighted by Crippen LogP contribution is -2.16. The van der Waals surface area contributed by atoms with E-state index >= 15 is 0 Å². The Morgan fingerprint density at radius 2 is 2.00 bits per heavy atom. The van der Waals surface area contributed by atoms with E-state index in [9.17, 15) is 4.39 Å². The van der Waals surface area contributed by atoms with Gasteiger partial charge < -0.3 is 10.2 Å². The molecule has 1 aromatic heterocycles. The minimum Gasteiger partial charge on any atom is -0.367 e. The van der Waals surface area contributed by atoms with E-state index in [1.807, 2.05) is 21.0 Å². The average molecular weight is 212 g/mol. The number of aryl methyl sites for hydroxylation is 1. The Morgan fingerprint density at radius 1 is 1.33 bits per heavy atom. The number of halogens is 1. The van der Waals surface area contributed by atoms with Crippen molar-refractivity contribution >= 4 is 11.8 Å². The van der Waals surface area contributed by atoms with Crippen molar-refractivity contribution < 1.29 is 4.39 Å². The van der Waals surface area contributed by atoms with Crippen molar-refractivity contribution in [1.29, 1.82) is 0 Å². The Labute approximate surface area is 89.5 Å². The zero-order chi connectivity index (χ0) is 11.4. The van der Waals surface area contributed by atoms with E-state index in [0.29, 0.717) is 18.2 Å². The summed E-state index contributed by atoms with van der Waals surface area (Å²) in [5.74, 6) is 0.439. The van der Waals surface area contributed by atoms with Gasteiger partial charge >= 0.3 is 0 Å². The molecule has 1 aromatic rings. The highest BCUT2D eigenvalue weighted by Crippen LogP contribution is 2.17. The maximum Gasteiger partial charge on any atom is 0.227 e. The molecule has 1 N–H and O–H groups in total. The fourth-order valence-corrected chi connectivity index (χ4v) is 1.11. The largest absolute Gasteiger partial charge is 0.367 e. The monoisotopic (exact) mass is 212 g/mol. The highest BCUT2D eigenvalue weighted by molar-refractivity contribution is 5.44. The maximum atomic E-state index is 13.6. The molecular weight excluding hydrogens is 195 g/mol. The molecule has 0 saturated heterocycles. The average Bonchev–Trinajstić information content (AvgIpc) is 2.19. The number of nitrogens with one attached hydrogen (secondary N) is 1. The standard InChI is InChI=1S/C10H17FN4/c1-5-6-12-9-8(11)7(2)13-10(14-9)15(3)4/h5-6H2,1-4H3,(H,12,13,14). The van der Waals surface area contributed by atoms with Gasteiger partial charge in [0.15, 0.2) is 11.6 Å². The van der Waals surface area contributed by atoms with Crippen molar-refractivity contribution in [2.24, 2.45) is 0 Å². The molecule has 0 amide bonds. The molecule has 0 aliphatic heterocycles. The first kappa shape index (κ1) is 11.7. The normalized spacial score (nSPS) is 10.2. The summed E-state index contributed by atoms with van der Waals surface area (Å²) in [5.41, 5.74) is 0.368. The van der Waals surface area contributed by atoms with Crippen LogP contribution in [0.15, 0.2) is 0 Å². The number of hydrogen-bond donors (Lipinski definition) is 1. The van der Waals surface area contributed by atoms with Crippen molar-refractivity contribution in [2.75, 3.05) is 30.9 Å². The Kier molecular flexibility index (Phi) is 3.82. The van der Waals surface area contributed by atoms with Crippen molar-refractivity contribution in [2.45, 2.75) is 20.3 Å². The van der Waals surface area contributed by atoms with Gasteiger partial charge in [-0.3, -0.25) is 0 Å². The van der Waals surface area contributed by atoms with Crippen molar-refractivity contribution in [3.05, 3.63) is 11.5 Å². The van der Waals surface area contributed by atoms with Gasteiger partial charge in [0.1, 0.15) is 0 Å². The molecule has 0 fully saturated rings. The van der Waals surface area contributed by atoms with E-state index in [-0.39, 0.29) is 11.6 Å². The third-order valence-electron chi connectivity index (χ3n) is 1.95. The molecule has 0 aromatic carbocycles. The molecular formula is C10H17FN4. The van der Waals surface area contributed by atoms with Crippen LogP contribution in [0.1, 0.15) is 19.0 Å². The summed E-state index contributed by atoms with van der Waals surface area (Å²) in [7, 11) is 3.66. The van der Waals surface area contributed by atoms with Crippen molar-refractivity contribution in [3.8, 4) is 0 Å². The van der Waals surface area contributed by atoms with Crippen LogP contribution in [-0.4, -0.2) is 30.6 Å². The predicted molar refractivity (Wildman–Crippen MR) is 59.8 cm³/mol. The molecule has 0 radical (unpaired) electrons. The van der Waals surface area contributed by atoms with Crippen LogP contribution in [0, 0.1) is 12.7 Å². The maximum absolute atomic E-state index is 13.6. The Morgan fingerprint density at radius 3 is 2.53 bits per heavy atom. The van der Waals surface area contributed by atoms with Crippen LogP contribution in [0.3, 0.4) is 0 Å². The molecule has 0 unspecified atom stereocenters. The molecule has 84 valence electrons. The Balaban J connectivity index is 3.02. The van der Waals surface area contributed by atoms with Crippen LogP contribution in [0.4, 0.5) is 16.2 Å². The smallest absolute Gasteiger partial charge is 0.227 e. The summed E-state index contributed by atoms with van der Waals surface area (Å²) in [6.07, 6.45) is 0.930. The second-order valence-electron chi connectivity index (χ2n) is 3.59. The second kappa shape index (κ2) is 4.91. The topological polar surface area (TPSA) is 41.1 Å². The molecule has 0 saturated carbocycles. The molecule has 1 rings (SSSR count). The zero-order valence-corrected chi connectivity index (χ0v) is 9.63. The van der Waals surface area contributed by atoms with Crippen LogP contribution in [0.25, 0.3) is 0 Å². The highest BCUT2D eigenvalue weighted by atomic mass is 19.1. The molecule has 15 heavy (non-hydrogen) atoms. The summed E-state index contributed by atoms with van der Waals surface area (Å²) in [6.45, 7) is 4.37. The fourth-order valence-electron chi connectivity index (χ4n) is 1.11. The van der Waals surface area contributed by atoms with Gasteiger partial charge in [-0.05, 0) is 13.3 Å². The lowest BCUT2D eigenvalue weighted by atomic mass is 10.4. The molecule has 5 heteroatoms. The van der Waals surface area contributed by atoms with Gasteiger partial charge in [-0.2, -0.15) is 4.98 Å². The Hall–Kier alpha value is -1.39. The van der Waals surface area contributed by atoms with Crippen LogP contribution >= 0.6 is 0 Å². The van der Waals surface area contributed by atoms with E-state index in [2.05, 4.69) is 15.3 Å². The van der Waals surface area contributed by atoms with Crippen LogP contribution in [-0.2, 0) is 0 Å². The lowest BCUT2D eigenvalue weighted by Gasteiger charge is -2.13. The summed E-state index contributed by atoms with van der Waals surface area (Å²) in [4.78, 5) is 9.89. The molecule has 1 heterocycles. The van der Waals surface area contributed by atoms with E-state index in [1.165, 1.54) is 0 Å². The summed E-state index contributed by atoms with van der Waals surface area (Å²) in [5, 5.41) is 2.95. The second-order valence-corrected chi connectivity index (χ2v) is 3.59. The minimum absolute atomic E-state index is 0.285. The highest BCUT2D eigenvalue weighted by Gasteiger charge is 2.11. The van der Waals surface area contributed by atoms with Crippen molar-refractivity contribution in [3.63, 3.8) is 0 Å². The van der Waals surface area contributed by atoms with E-state index < -0.39 is 0 Å². The molecule has 0 spiro atoms. The minimum atomic E-state index is -0.367. The summed E-state index contributed by atoms with van der Waals surface area (Å²) in [6, 6.07) is 0. The summed E-state index contributed by atoms with van der Waals surface area (Å²) < 4.78 is 13.6. The van der Waals surface area contributed by atoms with E-state index in [4.69, 9.17) is 0 Å². The number of hydrogen-bond acceptors (Lipinski definition) is 4. The first-order valence-corrected chi connectivity index (χ1v) is 5.01. The molecule has 0 aliphatic rings. The van der Waals surface area contributed by atoms with Crippen LogP contribution in [0.2, 0.25) is 0 Å². The zero-order valence-electron chi connectivity index (χ0n) is 9.63. The number of rotatable bonds is 4. The molecule has 4 nitrogen and oxygen atoms in total. The van der Waals surface area contributed by atoms with E-state index in [1.54, 1.807) is 11.8 Å². The van der Waals surface area contributed by atoms with Gasteiger partial charge in [-0.25, -0.2) is 9.37 Å². The van der Waals surface area contributed by atoms with Gasteiger partial charge in [0.05, 0.1) is 5.69 Å². The van der Waals surface area contributed by atoms with E-state index in [0.717, 1.165) is 6.42 Å². The lowest BCUT2D eigenvalue weighted by molar-refractivity contribution is 0.604. The number of nitrogens with zero attached hydrogens (tertiary/aromatic N) is 3. The van der Waals surface area contributed by atoms with Gasteiger partial charge in [-0.15, -0.1) is 0 Å². The molecule has 0 aliphatic carbocycles. The van der Waals surface area contributed by atoms with Gasteiger partial charge in [0.25, 0.3) is 0 Å². The third-order valence-corrected chi connectivity index (χ3v) is 1.95. The first-order valence-electron chi connectivity index (χ1n) is 5.01. The first-order chi connectivity index (χ1) is 7.06. The van der Waals surface area contributed by atoms with Gasteiger partial charge in [-0.1, -0.05) is 6.92 Å².